The van der Waals surface area contributed by atoms with Crippen LogP contribution in [-0.2, 0) is 10.2 Å². The number of carboxylic acid groups (broad SMARTS) is 1. The fourth-order valence-corrected chi connectivity index (χ4v) is 2.27. The topological polar surface area (TPSA) is 95.5 Å². The van der Waals surface area contributed by atoms with Crippen molar-refractivity contribution in [2.24, 2.45) is 0 Å². The van der Waals surface area contributed by atoms with E-state index < -0.39 is 28.9 Å². The molecule has 6 nitrogen and oxygen atoms in total. The molecule has 3 N–H and O–H groups in total. The standard InChI is InChI=1S/C9H8ClF3N2O4S/c10-6-3-5(8(16)17)1-2-7(6)15-20(18,19)14-4-9(11,12)13/h1-3,14-15H,4H2,(H,16,17). The number of carboxylic acids is 1. The molecule has 1 aromatic carbocycles. The van der Waals surface area contributed by atoms with Gasteiger partial charge in [0.05, 0.1) is 16.3 Å². The Morgan fingerprint density at radius 3 is 2.40 bits per heavy atom. The van der Waals surface area contributed by atoms with Crippen LogP contribution in [0, 0.1) is 0 Å². The highest BCUT2D eigenvalue weighted by molar-refractivity contribution is 7.90. The van der Waals surface area contributed by atoms with Crippen molar-refractivity contribution in [3.63, 3.8) is 0 Å². The highest BCUT2D eigenvalue weighted by atomic mass is 35.5. The lowest BCUT2D eigenvalue weighted by Crippen LogP contribution is -2.37. The van der Waals surface area contributed by atoms with Crippen LogP contribution < -0.4 is 9.44 Å². The Balaban J connectivity index is 2.85. The number of anilines is 1. The van der Waals surface area contributed by atoms with Gasteiger partial charge >= 0.3 is 12.1 Å². The monoisotopic (exact) mass is 332 g/mol. The van der Waals surface area contributed by atoms with E-state index in [4.69, 9.17) is 16.7 Å². The molecule has 112 valence electrons. The summed E-state index contributed by atoms with van der Waals surface area (Å²) in [6.45, 7) is -1.74. The lowest BCUT2D eigenvalue weighted by molar-refractivity contribution is -0.121. The molecular weight excluding hydrogens is 325 g/mol. The van der Waals surface area contributed by atoms with E-state index in [0.717, 1.165) is 18.2 Å². The van der Waals surface area contributed by atoms with E-state index in [1.165, 1.54) is 4.72 Å². The lowest BCUT2D eigenvalue weighted by Gasteiger charge is -2.12. The van der Waals surface area contributed by atoms with Gasteiger partial charge in [-0.15, -0.1) is 0 Å². The number of carbonyl (C=O) groups is 1. The van der Waals surface area contributed by atoms with Crippen LogP contribution in [0.1, 0.15) is 10.4 Å². The molecular formula is C9H8ClF3N2O4S. The Morgan fingerprint density at radius 2 is 1.95 bits per heavy atom. The molecule has 1 rings (SSSR count). The molecule has 11 heteroatoms. The molecule has 0 aliphatic heterocycles. The van der Waals surface area contributed by atoms with Crippen LogP contribution in [0.2, 0.25) is 5.02 Å². The summed E-state index contributed by atoms with van der Waals surface area (Å²) in [5.74, 6) is -1.28. The first-order chi connectivity index (χ1) is 9.00. The molecule has 0 radical (unpaired) electrons. The minimum absolute atomic E-state index is 0.193. The van der Waals surface area contributed by atoms with E-state index in [9.17, 15) is 26.4 Å². The van der Waals surface area contributed by atoms with Crippen LogP contribution in [0.25, 0.3) is 0 Å². The van der Waals surface area contributed by atoms with Crippen LogP contribution in [0.4, 0.5) is 18.9 Å². The number of nitrogens with one attached hydrogen (secondary N) is 2. The van der Waals surface area contributed by atoms with Crippen molar-refractivity contribution in [3.8, 4) is 0 Å². The molecule has 0 unspecified atom stereocenters. The largest absolute Gasteiger partial charge is 0.478 e. The van der Waals surface area contributed by atoms with Crippen LogP contribution in [0.15, 0.2) is 18.2 Å². The summed E-state index contributed by atoms with van der Waals surface area (Å²) in [6, 6.07) is 3.04. The highest BCUT2D eigenvalue weighted by Gasteiger charge is 2.29. The van der Waals surface area contributed by atoms with Gasteiger partial charge in [0, 0.05) is 0 Å². The van der Waals surface area contributed by atoms with E-state index in [0.29, 0.717) is 0 Å². The summed E-state index contributed by atoms with van der Waals surface area (Å²) in [6.07, 6.45) is -4.70. The second kappa shape index (κ2) is 5.85. The molecule has 0 atom stereocenters. The van der Waals surface area contributed by atoms with Gasteiger partial charge < -0.3 is 5.11 Å². The average Bonchev–Trinajstić information content (AvgIpc) is 2.28. The van der Waals surface area contributed by atoms with Gasteiger partial charge in [-0.3, -0.25) is 4.72 Å². The number of rotatable bonds is 5. The number of hydrogen-bond acceptors (Lipinski definition) is 3. The number of halogens is 4. The molecule has 0 heterocycles. The van der Waals surface area contributed by atoms with E-state index in [-0.39, 0.29) is 16.3 Å². The van der Waals surface area contributed by atoms with Crippen molar-refractivity contribution in [2.45, 2.75) is 6.18 Å². The summed E-state index contributed by atoms with van der Waals surface area (Å²) in [5, 5.41) is 8.41. The summed E-state index contributed by atoms with van der Waals surface area (Å²) in [5.41, 5.74) is -0.437. The van der Waals surface area contributed by atoms with Crippen LogP contribution in [0.5, 0.6) is 0 Å². The SMILES string of the molecule is O=C(O)c1ccc(NS(=O)(=O)NCC(F)(F)F)c(Cl)c1. The first kappa shape index (κ1) is 16.5. The molecule has 20 heavy (non-hydrogen) atoms. The zero-order chi connectivity index (χ0) is 15.6. The minimum atomic E-state index is -4.70. The maximum Gasteiger partial charge on any atom is 0.402 e. The summed E-state index contributed by atoms with van der Waals surface area (Å²) in [4.78, 5) is 10.6. The predicted molar refractivity (Wildman–Crippen MR) is 65.0 cm³/mol. The Bertz CT molecular complexity index is 618. The quantitative estimate of drug-likeness (QED) is 0.766. The maximum absolute atomic E-state index is 11.9. The smallest absolute Gasteiger partial charge is 0.402 e. The van der Waals surface area contributed by atoms with E-state index in [1.54, 1.807) is 4.72 Å². The van der Waals surface area contributed by atoms with Gasteiger partial charge in [-0.05, 0) is 18.2 Å². The maximum atomic E-state index is 11.9. The normalized spacial score (nSPS) is 12.2. The second-order valence-electron chi connectivity index (χ2n) is 3.54. The first-order valence-corrected chi connectivity index (χ1v) is 6.73. The van der Waals surface area contributed by atoms with E-state index >= 15 is 0 Å². The Labute approximate surface area is 116 Å². The molecule has 1 aromatic rings. The van der Waals surface area contributed by atoms with Crippen molar-refractivity contribution in [1.82, 2.24) is 4.72 Å². The molecule has 0 aromatic heterocycles. The third-order valence-corrected chi connectivity index (χ3v) is 3.25. The van der Waals surface area contributed by atoms with Crippen LogP contribution >= 0.6 is 11.6 Å². The Hall–Kier alpha value is -1.52. The lowest BCUT2D eigenvalue weighted by atomic mass is 10.2. The second-order valence-corrected chi connectivity index (χ2v) is 5.45. The third kappa shape index (κ3) is 5.23. The molecule has 0 aliphatic rings. The molecule has 0 saturated carbocycles. The fourth-order valence-electron chi connectivity index (χ4n) is 1.09. The minimum Gasteiger partial charge on any atom is -0.478 e. The zero-order valence-corrected chi connectivity index (χ0v) is 11.1. The van der Waals surface area contributed by atoms with Gasteiger partial charge in [0.2, 0.25) is 0 Å². The molecule has 0 amide bonds. The number of hydrogen-bond donors (Lipinski definition) is 3. The van der Waals surface area contributed by atoms with Crippen molar-refractivity contribution in [3.05, 3.63) is 28.8 Å². The van der Waals surface area contributed by atoms with Gasteiger partial charge in [-0.2, -0.15) is 26.3 Å². The Morgan fingerprint density at radius 1 is 1.35 bits per heavy atom. The molecule has 0 saturated heterocycles. The third-order valence-electron chi connectivity index (χ3n) is 1.92. The fraction of sp³-hybridized carbons (Fsp3) is 0.222. The van der Waals surface area contributed by atoms with Crippen LogP contribution in [0.3, 0.4) is 0 Å². The summed E-state index contributed by atoms with van der Waals surface area (Å²) in [7, 11) is -4.48. The van der Waals surface area contributed by atoms with Gasteiger partial charge in [0.1, 0.15) is 6.54 Å². The Kier molecular flexibility index (Phi) is 4.84. The number of alkyl halides is 3. The zero-order valence-electron chi connectivity index (χ0n) is 9.53. The van der Waals surface area contributed by atoms with Gasteiger partial charge in [-0.25, -0.2) is 4.79 Å². The summed E-state index contributed by atoms with van der Waals surface area (Å²) >= 11 is 5.63. The predicted octanol–water partition coefficient (Wildman–Crippen LogP) is 1.85. The molecule has 0 bridgehead atoms. The van der Waals surface area contributed by atoms with E-state index in [2.05, 4.69) is 0 Å². The highest BCUT2D eigenvalue weighted by Crippen LogP contribution is 2.24. The number of benzene rings is 1. The van der Waals surface area contributed by atoms with Gasteiger partial charge in [-0.1, -0.05) is 11.6 Å². The molecule has 0 aliphatic carbocycles. The van der Waals surface area contributed by atoms with Crippen molar-refractivity contribution in [2.75, 3.05) is 11.3 Å². The van der Waals surface area contributed by atoms with Crippen molar-refractivity contribution >= 4 is 33.5 Å². The van der Waals surface area contributed by atoms with Crippen LogP contribution in [-0.4, -0.2) is 32.2 Å². The first-order valence-electron chi connectivity index (χ1n) is 4.87. The van der Waals surface area contributed by atoms with Gasteiger partial charge in [0.25, 0.3) is 10.2 Å². The summed E-state index contributed by atoms with van der Waals surface area (Å²) < 4.78 is 61.4. The molecule has 0 fully saturated rings. The van der Waals surface area contributed by atoms with E-state index in [1.807, 2.05) is 0 Å². The van der Waals surface area contributed by atoms with Crippen molar-refractivity contribution < 1.29 is 31.5 Å². The van der Waals surface area contributed by atoms with Gasteiger partial charge in [0.15, 0.2) is 0 Å². The van der Waals surface area contributed by atoms with Crippen molar-refractivity contribution in [1.29, 1.82) is 0 Å². The number of aromatic carboxylic acids is 1. The average molecular weight is 333 g/mol. The molecule has 0 spiro atoms.